The summed E-state index contributed by atoms with van der Waals surface area (Å²) in [4.78, 5) is 10.9. The Hall–Kier alpha value is -3.14. The summed E-state index contributed by atoms with van der Waals surface area (Å²) in [6.45, 7) is 0.442. The number of hydrogen-bond donors (Lipinski definition) is 1. The van der Waals surface area contributed by atoms with Crippen molar-refractivity contribution < 1.29 is 19.0 Å². The largest absolute Gasteiger partial charge is 0.489 e. The van der Waals surface area contributed by atoms with Crippen LogP contribution in [0.2, 0.25) is 0 Å². The van der Waals surface area contributed by atoms with Gasteiger partial charge in [-0.25, -0.2) is 4.39 Å². The number of carbonyl (C=O) groups is 1. The zero-order valence-corrected chi connectivity index (χ0v) is 13.5. The third-order valence-corrected chi connectivity index (χ3v) is 3.73. The van der Waals surface area contributed by atoms with E-state index in [9.17, 15) is 9.18 Å². The summed E-state index contributed by atoms with van der Waals surface area (Å²) < 4.78 is 19.6. The van der Waals surface area contributed by atoms with E-state index in [1.807, 2.05) is 54.6 Å². The van der Waals surface area contributed by atoms with Crippen LogP contribution in [0.4, 0.5) is 4.39 Å². The molecule has 0 fully saturated rings. The average molecular weight is 336 g/mol. The molecule has 25 heavy (non-hydrogen) atoms. The van der Waals surface area contributed by atoms with E-state index in [0.717, 1.165) is 11.1 Å². The van der Waals surface area contributed by atoms with Crippen LogP contribution in [0.15, 0.2) is 72.8 Å². The molecule has 0 amide bonds. The lowest BCUT2D eigenvalue weighted by molar-refractivity contribution is -0.136. The lowest BCUT2D eigenvalue weighted by Gasteiger charge is -2.09. The van der Waals surface area contributed by atoms with Gasteiger partial charge in [-0.2, -0.15) is 0 Å². The zero-order chi connectivity index (χ0) is 17.6. The molecule has 0 heterocycles. The highest BCUT2D eigenvalue weighted by Crippen LogP contribution is 2.26. The summed E-state index contributed by atoms with van der Waals surface area (Å²) in [5.41, 5.74) is 2.89. The van der Waals surface area contributed by atoms with Gasteiger partial charge in [0.05, 0.1) is 6.42 Å². The van der Waals surface area contributed by atoms with Gasteiger partial charge in [0.2, 0.25) is 0 Å². The molecule has 0 aliphatic rings. The van der Waals surface area contributed by atoms with Crippen LogP contribution in [0, 0.1) is 5.82 Å². The third kappa shape index (κ3) is 4.67. The monoisotopic (exact) mass is 336 g/mol. The molecule has 126 valence electrons. The Kier molecular flexibility index (Phi) is 5.09. The summed E-state index contributed by atoms with van der Waals surface area (Å²) >= 11 is 0. The van der Waals surface area contributed by atoms with Crippen LogP contribution >= 0.6 is 0 Å². The summed E-state index contributed by atoms with van der Waals surface area (Å²) in [5.74, 6) is -0.772. The zero-order valence-electron chi connectivity index (χ0n) is 13.5. The molecule has 3 nitrogen and oxygen atoms in total. The summed E-state index contributed by atoms with van der Waals surface area (Å²) in [5, 5.41) is 8.90. The number of carboxylic acid groups (broad SMARTS) is 1. The molecule has 0 spiro atoms. The predicted octanol–water partition coefficient (Wildman–Crippen LogP) is 4.70. The predicted molar refractivity (Wildman–Crippen MR) is 93.9 cm³/mol. The van der Waals surface area contributed by atoms with E-state index in [1.54, 1.807) is 6.07 Å². The second kappa shape index (κ2) is 7.62. The number of halogens is 1. The van der Waals surface area contributed by atoms with Crippen LogP contribution in [0.3, 0.4) is 0 Å². The normalized spacial score (nSPS) is 10.4. The lowest BCUT2D eigenvalue weighted by atomic mass is 10.0. The van der Waals surface area contributed by atoms with E-state index in [2.05, 4.69) is 0 Å². The molecule has 3 rings (SSSR count). The molecular weight excluding hydrogens is 319 g/mol. The molecule has 3 aromatic rings. The molecule has 3 aromatic carbocycles. The van der Waals surface area contributed by atoms with Crippen LogP contribution in [0.1, 0.15) is 11.1 Å². The first-order valence-corrected chi connectivity index (χ1v) is 7.88. The van der Waals surface area contributed by atoms with Crippen LogP contribution in [0.5, 0.6) is 5.75 Å². The van der Waals surface area contributed by atoms with E-state index >= 15 is 0 Å². The smallest absolute Gasteiger partial charge is 0.307 e. The van der Waals surface area contributed by atoms with Crippen molar-refractivity contribution in [1.29, 1.82) is 0 Å². The van der Waals surface area contributed by atoms with Crippen molar-refractivity contribution in [2.45, 2.75) is 13.0 Å². The van der Waals surface area contributed by atoms with Crippen molar-refractivity contribution in [3.63, 3.8) is 0 Å². The minimum Gasteiger partial charge on any atom is -0.489 e. The first-order valence-electron chi connectivity index (χ1n) is 7.88. The molecule has 0 aromatic heterocycles. The van der Waals surface area contributed by atoms with E-state index < -0.39 is 11.8 Å². The molecular formula is C21H17FO3. The molecule has 0 bridgehead atoms. The first-order chi connectivity index (χ1) is 12.1. The minimum atomic E-state index is -0.989. The Morgan fingerprint density at radius 2 is 1.68 bits per heavy atom. The Morgan fingerprint density at radius 1 is 0.880 bits per heavy atom. The fourth-order valence-corrected chi connectivity index (χ4v) is 2.60. The van der Waals surface area contributed by atoms with Crippen molar-refractivity contribution >= 4 is 5.97 Å². The maximum Gasteiger partial charge on any atom is 0.307 e. The van der Waals surface area contributed by atoms with Gasteiger partial charge < -0.3 is 9.84 Å². The SMILES string of the molecule is O=C(O)Cc1cc(F)cc(-c2cccc(OCc3ccccc3)c2)c1. The maximum atomic E-state index is 13.8. The topological polar surface area (TPSA) is 46.5 Å². The highest BCUT2D eigenvalue weighted by molar-refractivity contribution is 5.72. The van der Waals surface area contributed by atoms with Gasteiger partial charge in [-0.3, -0.25) is 4.79 Å². The fourth-order valence-electron chi connectivity index (χ4n) is 2.60. The molecule has 0 aliphatic heterocycles. The molecule has 0 atom stereocenters. The molecule has 0 saturated carbocycles. The van der Waals surface area contributed by atoms with Gasteiger partial charge in [0.25, 0.3) is 0 Å². The Morgan fingerprint density at radius 3 is 2.44 bits per heavy atom. The lowest BCUT2D eigenvalue weighted by Crippen LogP contribution is -2.00. The number of ether oxygens (including phenoxy) is 1. The number of rotatable bonds is 6. The number of aliphatic carboxylic acids is 1. The van der Waals surface area contributed by atoms with Crippen molar-refractivity contribution in [1.82, 2.24) is 0 Å². The molecule has 0 aliphatic carbocycles. The Labute approximate surface area is 145 Å². The first kappa shape index (κ1) is 16.7. The highest BCUT2D eigenvalue weighted by Gasteiger charge is 2.07. The van der Waals surface area contributed by atoms with Gasteiger partial charge in [0.1, 0.15) is 18.2 Å². The van der Waals surface area contributed by atoms with Crippen molar-refractivity contribution in [3.05, 3.63) is 89.7 Å². The minimum absolute atomic E-state index is 0.213. The van der Waals surface area contributed by atoms with Gasteiger partial charge in [0.15, 0.2) is 0 Å². The summed E-state index contributed by atoms with van der Waals surface area (Å²) in [6, 6.07) is 21.5. The third-order valence-electron chi connectivity index (χ3n) is 3.73. The van der Waals surface area contributed by atoms with E-state index in [1.165, 1.54) is 12.1 Å². The van der Waals surface area contributed by atoms with Crippen molar-refractivity contribution in [2.75, 3.05) is 0 Å². The Balaban J connectivity index is 1.81. The molecule has 0 radical (unpaired) electrons. The van der Waals surface area contributed by atoms with Gasteiger partial charge in [-0.05, 0) is 46.5 Å². The van der Waals surface area contributed by atoms with E-state index in [4.69, 9.17) is 9.84 Å². The van der Waals surface area contributed by atoms with Gasteiger partial charge in [0, 0.05) is 0 Å². The molecule has 0 unspecified atom stereocenters. The molecule has 1 N–H and O–H groups in total. The van der Waals surface area contributed by atoms with Crippen molar-refractivity contribution in [2.24, 2.45) is 0 Å². The molecule has 4 heteroatoms. The standard InChI is InChI=1S/C21H17FO3/c22-19-10-16(11-21(23)24)9-18(12-19)17-7-4-8-20(13-17)25-14-15-5-2-1-3-6-15/h1-10,12-13H,11,14H2,(H,23,24). The fraction of sp³-hybridized carbons (Fsp3) is 0.0952. The van der Waals surface area contributed by atoms with Crippen LogP contribution in [-0.2, 0) is 17.8 Å². The maximum absolute atomic E-state index is 13.8. The second-order valence-corrected chi connectivity index (χ2v) is 5.72. The molecule has 0 saturated heterocycles. The van der Waals surface area contributed by atoms with Crippen LogP contribution in [-0.4, -0.2) is 11.1 Å². The number of carboxylic acids is 1. The number of hydrogen-bond acceptors (Lipinski definition) is 2. The van der Waals surface area contributed by atoms with Crippen LogP contribution in [0.25, 0.3) is 11.1 Å². The average Bonchev–Trinajstić information content (AvgIpc) is 2.60. The van der Waals surface area contributed by atoms with Gasteiger partial charge >= 0.3 is 5.97 Å². The number of benzene rings is 3. The van der Waals surface area contributed by atoms with Gasteiger partial charge in [-0.1, -0.05) is 48.5 Å². The summed E-state index contributed by atoms with van der Waals surface area (Å²) in [7, 11) is 0. The van der Waals surface area contributed by atoms with Gasteiger partial charge in [-0.15, -0.1) is 0 Å². The van der Waals surface area contributed by atoms with E-state index in [-0.39, 0.29) is 6.42 Å². The van der Waals surface area contributed by atoms with E-state index in [0.29, 0.717) is 23.5 Å². The second-order valence-electron chi connectivity index (χ2n) is 5.72. The van der Waals surface area contributed by atoms with Crippen LogP contribution < -0.4 is 4.74 Å². The Bertz CT molecular complexity index is 875. The summed E-state index contributed by atoms with van der Waals surface area (Å²) in [6.07, 6.45) is -0.213. The highest BCUT2D eigenvalue weighted by atomic mass is 19.1. The quantitative estimate of drug-likeness (QED) is 0.710. The van der Waals surface area contributed by atoms with Crippen molar-refractivity contribution in [3.8, 4) is 16.9 Å².